The molecule has 7 nitrogen and oxygen atoms in total. The number of rotatable bonds is 8. The van der Waals surface area contributed by atoms with Gasteiger partial charge >= 0.3 is 0 Å². The van der Waals surface area contributed by atoms with Crippen molar-refractivity contribution in [2.24, 2.45) is 5.92 Å². The highest BCUT2D eigenvalue weighted by Crippen LogP contribution is 2.19. The molecule has 29 heavy (non-hydrogen) atoms. The van der Waals surface area contributed by atoms with Crippen molar-refractivity contribution in [1.82, 2.24) is 10.2 Å². The zero-order valence-electron chi connectivity index (χ0n) is 16.9. The highest BCUT2D eigenvalue weighted by Gasteiger charge is 2.31. The molecule has 2 atom stereocenters. The summed E-state index contributed by atoms with van der Waals surface area (Å²) in [6, 6.07) is 4.82. The Kier molecular flexibility index (Phi) is 8.91. The first kappa shape index (κ1) is 23.2. The molecule has 0 aromatic heterocycles. The maximum atomic E-state index is 13.7. The number of halogens is 1. The van der Waals surface area contributed by atoms with Crippen LogP contribution in [-0.2, 0) is 14.4 Å². The Morgan fingerprint density at radius 3 is 2.55 bits per heavy atom. The topological polar surface area (TPSA) is 106 Å². The number of hydrogen-bond acceptors (Lipinski definition) is 4. The predicted octanol–water partition coefficient (Wildman–Crippen LogP) is 0.871. The van der Waals surface area contributed by atoms with E-state index in [1.807, 2.05) is 6.26 Å². The number of thioether (sulfide) groups is 1. The van der Waals surface area contributed by atoms with Gasteiger partial charge in [0.05, 0.1) is 5.69 Å². The Morgan fingerprint density at radius 1 is 1.28 bits per heavy atom. The summed E-state index contributed by atoms with van der Waals surface area (Å²) in [6.45, 7) is 2.59. The maximum absolute atomic E-state index is 13.7. The minimum Gasteiger partial charge on any atom is -0.347 e. The van der Waals surface area contributed by atoms with E-state index >= 15 is 0 Å². The van der Waals surface area contributed by atoms with E-state index in [0.29, 0.717) is 25.9 Å². The Balaban J connectivity index is 1.79. The molecule has 0 spiro atoms. The molecule has 1 saturated heterocycles. The molecule has 1 aliphatic rings. The molecule has 2 rings (SSSR count). The van der Waals surface area contributed by atoms with E-state index < -0.39 is 17.8 Å². The highest BCUT2D eigenvalue weighted by molar-refractivity contribution is 7.98. The van der Waals surface area contributed by atoms with Crippen LogP contribution in [0.5, 0.6) is 0 Å². The first-order chi connectivity index (χ1) is 13.8. The summed E-state index contributed by atoms with van der Waals surface area (Å²) in [5.74, 6) is -0.553. The fourth-order valence-electron chi connectivity index (χ4n) is 3.20. The molecule has 5 N–H and O–H groups in total. The lowest BCUT2D eigenvalue weighted by molar-refractivity contribution is -0.406. The van der Waals surface area contributed by atoms with Crippen LogP contribution in [-0.4, -0.2) is 59.8 Å². The molecule has 0 bridgehead atoms. The van der Waals surface area contributed by atoms with E-state index in [4.69, 9.17) is 0 Å². The summed E-state index contributed by atoms with van der Waals surface area (Å²) in [7, 11) is 0. The molecule has 0 radical (unpaired) electrons. The summed E-state index contributed by atoms with van der Waals surface area (Å²) in [6.07, 6.45) is 3.84. The minimum atomic E-state index is -0.794. The maximum Gasteiger partial charge on any atom is 0.280 e. The molecule has 9 heteroatoms. The monoisotopic (exact) mass is 425 g/mol. The Bertz CT molecular complexity index is 725. The number of amides is 3. The summed E-state index contributed by atoms with van der Waals surface area (Å²) < 4.78 is 13.7. The van der Waals surface area contributed by atoms with Gasteiger partial charge in [0.2, 0.25) is 11.8 Å². The van der Waals surface area contributed by atoms with Crippen molar-refractivity contribution in [3.05, 3.63) is 30.1 Å². The van der Waals surface area contributed by atoms with Gasteiger partial charge in [-0.3, -0.25) is 14.4 Å². The van der Waals surface area contributed by atoms with Gasteiger partial charge in [0.1, 0.15) is 11.9 Å². The average Bonchev–Trinajstić information content (AvgIpc) is 2.73. The van der Waals surface area contributed by atoms with Crippen LogP contribution in [0.1, 0.15) is 26.2 Å². The number of piperidine rings is 1. The SMILES string of the molecule is CSCC[C@H]([NH3+])C(=O)N1CCC(C(=O)N[C@@H](C)C(=O)Nc2ccccc2F)CC1. The van der Waals surface area contributed by atoms with Crippen LogP contribution in [0, 0.1) is 11.7 Å². The number of anilines is 1. The fraction of sp³-hybridized carbons (Fsp3) is 0.550. The summed E-state index contributed by atoms with van der Waals surface area (Å²) >= 11 is 1.69. The molecule has 1 aliphatic heterocycles. The van der Waals surface area contributed by atoms with Crippen molar-refractivity contribution in [2.45, 2.75) is 38.3 Å². The second-order valence-electron chi connectivity index (χ2n) is 7.28. The first-order valence-electron chi connectivity index (χ1n) is 9.80. The zero-order chi connectivity index (χ0) is 21.4. The lowest BCUT2D eigenvalue weighted by atomic mass is 9.95. The number of carbonyl (C=O) groups is 3. The number of nitrogens with zero attached hydrogens (tertiary/aromatic N) is 1. The van der Waals surface area contributed by atoms with Crippen molar-refractivity contribution < 1.29 is 24.5 Å². The van der Waals surface area contributed by atoms with Crippen LogP contribution in [0.15, 0.2) is 24.3 Å². The molecular formula is C20H30FN4O3S+. The van der Waals surface area contributed by atoms with Crippen molar-refractivity contribution in [3.8, 4) is 0 Å². The van der Waals surface area contributed by atoms with E-state index in [1.165, 1.54) is 18.2 Å². The standard InChI is InChI=1S/C20H29FN4O3S/c1-13(18(26)24-17-6-4-3-5-15(17)21)23-19(27)14-7-10-25(11-8-14)20(28)16(22)9-12-29-2/h3-6,13-14,16H,7-12,22H2,1-2H3,(H,23,27)(H,24,26)/p+1/t13-,16-/m0/s1. The van der Waals surface area contributed by atoms with E-state index in [9.17, 15) is 18.8 Å². The van der Waals surface area contributed by atoms with E-state index in [2.05, 4.69) is 16.4 Å². The van der Waals surface area contributed by atoms with Gasteiger partial charge in [0, 0.05) is 25.4 Å². The third kappa shape index (κ3) is 6.71. The molecule has 160 valence electrons. The second kappa shape index (κ2) is 11.2. The normalized spacial score (nSPS) is 16.8. The number of nitrogens with one attached hydrogen (secondary N) is 2. The smallest absolute Gasteiger partial charge is 0.280 e. The van der Waals surface area contributed by atoms with Crippen molar-refractivity contribution in [2.75, 3.05) is 30.4 Å². The molecule has 0 unspecified atom stereocenters. The highest BCUT2D eigenvalue weighted by atomic mass is 32.2. The number of benzene rings is 1. The van der Waals surface area contributed by atoms with Gasteiger partial charge in [-0.2, -0.15) is 11.8 Å². The van der Waals surface area contributed by atoms with Gasteiger partial charge in [-0.25, -0.2) is 4.39 Å². The number of likely N-dealkylation sites (tertiary alicyclic amines) is 1. The predicted molar refractivity (Wildman–Crippen MR) is 112 cm³/mol. The molecule has 1 fully saturated rings. The third-order valence-electron chi connectivity index (χ3n) is 5.08. The number of hydrogen-bond donors (Lipinski definition) is 3. The Hall–Kier alpha value is -2.13. The van der Waals surface area contributed by atoms with E-state index in [0.717, 1.165) is 12.2 Å². The lowest BCUT2D eigenvalue weighted by Gasteiger charge is -2.32. The van der Waals surface area contributed by atoms with E-state index in [1.54, 1.807) is 29.7 Å². The van der Waals surface area contributed by atoms with Crippen molar-refractivity contribution >= 4 is 35.2 Å². The molecule has 1 aromatic carbocycles. The summed E-state index contributed by atoms with van der Waals surface area (Å²) in [5, 5.41) is 5.17. The van der Waals surface area contributed by atoms with Crippen molar-refractivity contribution in [1.29, 1.82) is 0 Å². The first-order valence-corrected chi connectivity index (χ1v) is 11.2. The van der Waals surface area contributed by atoms with Crippen LogP contribution in [0.25, 0.3) is 0 Å². The summed E-state index contributed by atoms with van der Waals surface area (Å²) in [4.78, 5) is 38.9. The second-order valence-corrected chi connectivity index (χ2v) is 8.26. The molecule has 1 aromatic rings. The zero-order valence-corrected chi connectivity index (χ0v) is 17.8. The van der Waals surface area contributed by atoms with Crippen molar-refractivity contribution in [3.63, 3.8) is 0 Å². The van der Waals surface area contributed by atoms with Gasteiger partial charge in [-0.1, -0.05) is 12.1 Å². The van der Waals surface area contributed by atoms with Crippen LogP contribution >= 0.6 is 11.8 Å². The Morgan fingerprint density at radius 2 is 1.93 bits per heavy atom. The van der Waals surface area contributed by atoms with Gasteiger partial charge < -0.3 is 21.3 Å². The average molecular weight is 426 g/mol. The largest absolute Gasteiger partial charge is 0.347 e. The van der Waals surface area contributed by atoms with Gasteiger partial charge in [-0.15, -0.1) is 0 Å². The molecule has 3 amide bonds. The van der Waals surface area contributed by atoms with E-state index in [-0.39, 0.29) is 29.5 Å². The van der Waals surface area contributed by atoms with Crippen LogP contribution in [0.2, 0.25) is 0 Å². The molecule has 0 saturated carbocycles. The van der Waals surface area contributed by atoms with Crippen LogP contribution in [0.3, 0.4) is 0 Å². The third-order valence-corrected chi connectivity index (χ3v) is 5.72. The summed E-state index contributed by atoms with van der Waals surface area (Å²) in [5.41, 5.74) is 4.03. The quantitative estimate of drug-likeness (QED) is 0.575. The van der Waals surface area contributed by atoms with Gasteiger partial charge in [-0.05, 0) is 43.9 Å². The minimum absolute atomic E-state index is 0.0375. The van der Waals surface area contributed by atoms with Crippen LogP contribution < -0.4 is 16.4 Å². The Labute approximate surface area is 175 Å². The van der Waals surface area contributed by atoms with Gasteiger partial charge in [0.15, 0.2) is 6.04 Å². The number of carbonyl (C=O) groups excluding carboxylic acids is 3. The molecule has 1 heterocycles. The van der Waals surface area contributed by atoms with Crippen LogP contribution in [0.4, 0.5) is 10.1 Å². The lowest BCUT2D eigenvalue weighted by Crippen LogP contribution is -2.68. The fourth-order valence-corrected chi connectivity index (χ4v) is 3.72. The number of para-hydroxylation sites is 1. The molecular weight excluding hydrogens is 395 g/mol. The number of quaternary nitrogens is 1. The molecule has 0 aliphatic carbocycles. The van der Waals surface area contributed by atoms with Gasteiger partial charge in [0.25, 0.3) is 5.91 Å².